The van der Waals surface area contributed by atoms with Crippen molar-refractivity contribution in [1.29, 1.82) is 0 Å². The molecule has 3 aromatic rings. The Morgan fingerprint density at radius 2 is 1.55 bits per heavy atom. The highest BCUT2D eigenvalue weighted by Crippen LogP contribution is 2.37. The first-order valence-electron chi connectivity index (χ1n) is 10.1. The first-order valence-corrected chi connectivity index (χ1v) is 13.1. The number of benzene rings is 3. The van der Waals surface area contributed by atoms with Gasteiger partial charge in [0.25, 0.3) is 15.9 Å². The molecule has 0 aromatic heterocycles. The molecule has 0 saturated heterocycles. The minimum absolute atomic E-state index is 0.0538. The molecule has 0 spiro atoms. The van der Waals surface area contributed by atoms with E-state index in [0.29, 0.717) is 23.4 Å². The lowest BCUT2D eigenvalue weighted by molar-refractivity contribution is 0.102. The van der Waals surface area contributed by atoms with Gasteiger partial charge in [0.2, 0.25) is 10.0 Å². The lowest BCUT2D eigenvalue weighted by atomic mass is 10.1. The Bertz CT molecular complexity index is 1430. The van der Waals surface area contributed by atoms with Gasteiger partial charge in [-0.1, -0.05) is 17.7 Å². The van der Waals surface area contributed by atoms with Crippen molar-refractivity contribution < 1.29 is 21.6 Å². The van der Waals surface area contributed by atoms with Crippen LogP contribution in [0.15, 0.2) is 76.5 Å². The summed E-state index contributed by atoms with van der Waals surface area (Å²) in [5, 5.41) is 7.79. The van der Waals surface area contributed by atoms with Crippen molar-refractivity contribution in [3.63, 3.8) is 0 Å². The molecule has 1 amide bonds. The molecular formula is C23H23N3O5S2. The second-order valence-corrected chi connectivity index (χ2v) is 11.4. The Labute approximate surface area is 193 Å². The number of amides is 1. The van der Waals surface area contributed by atoms with Gasteiger partial charge in [0.1, 0.15) is 0 Å². The third kappa shape index (κ3) is 4.50. The highest BCUT2D eigenvalue weighted by molar-refractivity contribution is 7.93. The normalized spacial score (nSPS) is 15.8. The Hall–Kier alpha value is -3.21. The van der Waals surface area contributed by atoms with Crippen LogP contribution in [-0.4, -0.2) is 28.8 Å². The van der Waals surface area contributed by atoms with Gasteiger partial charge >= 0.3 is 0 Å². The number of nitrogens with two attached hydrogens (primary N) is 1. The number of nitrogens with zero attached hydrogens (tertiary/aromatic N) is 1. The van der Waals surface area contributed by atoms with E-state index in [1.54, 1.807) is 42.5 Å². The van der Waals surface area contributed by atoms with E-state index >= 15 is 0 Å². The second-order valence-electron chi connectivity index (χ2n) is 8.03. The molecule has 8 nitrogen and oxygen atoms in total. The molecule has 0 aliphatic carbocycles. The summed E-state index contributed by atoms with van der Waals surface area (Å²) in [5.41, 5.74) is 3.06. The molecule has 10 heteroatoms. The van der Waals surface area contributed by atoms with Crippen LogP contribution in [0, 0.1) is 6.92 Å². The number of hydrogen-bond acceptors (Lipinski definition) is 5. The Morgan fingerprint density at radius 1 is 0.939 bits per heavy atom. The molecule has 1 aliphatic rings. The average Bonchev–Trinajstić information content (AvgIpc) is 3.09. The number of nitrogens with one attached hydrogen (secondary N) is 1. The van der Waals surface area contributed by atoms with Crippen molar-refractivity contribution in [2.24, 2.45) is 5.14 Å². The summed E-state index contributed by atoms with van der Waals surface area (Å²) in [5.74, 6) is -0.395. The Kier molecular flexibility index (Phi) is 5.77. The largest absolute Gasteiger partial charge is 0.322 e. The molecule has 172 valence electrons. The first kappa shape index (κ1) is 23.0. The van der Waals surface area contributed by atoms with Crippen LogP contribution >= 0.6 is 0 Å². The number of carbonyl (C=O) groups excluding carboxylic acids is 1. The lowest BCUT2D eigenvalue weighted by Gasteiger charge is -2.24. The van der Waals surface area contributed by atoms with Crippen molar-refractivity contribution in [1.82, 2.24) is 0 Å². The fraction of sp³-hybridized carbons (Fsp3) is 0.174. The van der Waals surface area contributed by atoms with E-state index in [1.165, 1.54) is 28.6 Å². The zero-order valence-corrected chi connectivity index (χ0v) is 19.7. The molecule has 3 aromatic carbocycles. The predicted octanol–water partition coefficient (Wildman–Crippen LogP) is 3.03. The van der Waals surface area contributed by atoms with Crippen LogP contribution in [0.4, 0.5) is 11.4 Å². The lowest BCUT2D eigenvalue weighted by Crippen LogP contribution is -2.35. The van der Waals surface area contributed by atoms with E-state index in [0.717, 1.165) is 11.1 Å². The molecule has 0 unspecified atom stereocenters. The molecule has 0 radical (unpaired) electrons. The van der Waals surface area contributed by atoms with Crippen LogP contribution in [0.25, 0.3) is 0 Å². The molecule has 1 aliphatic heterocycles. The molecule has 3 N–H and O–H groups in total. The smallest absolute Gasteiger partial charge is 0.264 e. The maximum atomic E-state index is 13.3. The summed E-state index contributed by atoms with van der Waals surface area (Å²) in [6, 6.07) is 16.8. The van der Waals surface area contributed by atoms with Crippen LogP contribution in [-0.2, 0) is 26.5 Å². The number of carbonyl (C=O) groups is 1. The number of rotatable bonds is 5. The highest BCUT2D eigenvalue weighted by Gasteiger charge is 2.36. The molecular weight excluding hydrogens is 462 g/mol. The van der Waals surface area contributed by atoms with E-state index in [2.05, 4.69) is 5.32 Å². The summed E-state index contributed by atoms with van der Waals surface area (Å²) >= 11 is 0. The van der Waals surface area contributed by atoms with Gasteiger partial charge < -0.3 is 5.32 Å². The van der Waals surface area contributed by atoms with Crippen molar-refractivity contribution in [2.75, 3.05) is 9.62 Å². The van der Waals surface area contributed by atoms with Crippen LogP contribution in [0.1, 0.15) is 28.4 Å². The number of sulfonamides is 2. The molecule has 1 atom stereocenters. The number of hydrogen-bond donors (Lipinski definition) is 2. The average molecular weight is 486 g/mol. The minimum atomic E-state index is -3.82. The van der Waals surface area contributed by atoms with Crippen molar-refractivity contribution in [3.05, 3.63) is 83.4 Å². The predicted molar refractivity (Wildman–Crippen MR) is 126 cm³/mol. The van der Waals surface area contributed by atoms with Gasteiger partial charge in [-0.2, -0.15) is 0 Å². The summed E-state index contributed by atoms with van der Waals surface area (Å²) in [6.45, 7) is 3.73. The molecule has 33 heavy (non-hydrogen) atoms. The van der Waals surface area contributed by atoms with Crippen molar-refractivity contribution in [2.45, 2.75) is 36.1 Å². The van der Waals surface area contributed by atoms with E-state index in [4.69, 9.17) is 5.14 Å². The van der Waals surface area contributed by atoms with Crippen LogP contribution in [0.5, 0.6) is 0 Å². The van der Waals surface area contributed by atoms with Gasteiger partial charge in [0.05, 0.1) is 15.5 Å². The number of fused-ring (bicyclic) bond motifs is 1. The van der Waals surface area contributed by atoms with Crippen molar-refractivity contribution >= 4 is 37.3 Å². The maximum Gasteiger partial charge on any atom is 0.264 e. The monoisotopic (exact) mass is 485 g/mol. The topological polar surface area (TPSA) is 127 Å². The van der Waals surface area contributed by atoms with E-state index in [-0.39, 0.29) is 15.8 Å². The van der Waals surface area contributed by atoms with E-state index in [1.807, 2.05) is 13.8 Å². The number of aryl methyl sites for hydroxylation is 1. The fourth-order valence-electron chi connectivity index (χ4n) is 3.87. The van der Waals surface area contributed by atoms with Crippen molar-refractivity contribution in [3.8, 4) is 0 Å². The van der Waals surface area contributed by atoms with Crippen LogP contribution < -0.4 is 14.8 Å². The van der Waals surface area contributed by atoms with Gasteiger partial charge in [-0.05, 0) is 80.4 Å². The molecule has 0 bridgehead atoms. The second kappa shape index (κ2) is 8.29. The molecule has 0 fully saturated rings. The number of anilines is 2. The summed E-state index contributed by atoms with van der Waals surface area (Å²) in [4.78, 5) is 12.9. The van der Waals surface area contributed by atoms with Crippen LogP contribution in [0.2, 0.25) is 0 Å². The Morgan fingerprint density at radius 3 is 2.15 bits per heavy atom. The highest BCUT2D eigenvalue weighted by atomic mass is 32.2. The van der Waals surface area contributed by atoms with E-state index < -0.39 is 26.0 Å². The first-order chi connectivity index (χ1) is 15.5. The maximum absolute atomic E-state index is 13.3. The fourth-order valence-corrected chi connectivity index (χ4v) is 6.07. The SMILES string of the molecule is Cc1ccc(S(=O)(=O)N2c3ccc(C(=O)Nc4ccc(S(N)(=O)=O)cc4)cc3C[C@@H]2C)cc1. The van der Waals surface area contributed by atoms with Gasteiger partial charge in [-0.3, -0.25) is 9.10 Å². The zero-order chi connectivity index (χ0) is 24.0. The van der Waals surface area contributed by atoms with Gasteiger partial charge in [0, 0.05) is 17.3 Å². The third-order valence-corrected chi connectivity index (χ3v) is 8.38. The number of primary sulfonamides is 1. The standard InChI is InChI=1S/C23H23N3O5S2/c1-15-3-8-21(9-4-15)33(30,31)26-16(2)13-18-14-17(5-12-22(18)26)23(27)25-19-6-10-20(11-7-19)32(24,28)29/h3-12,14,16H,13H2,1-2H3,(H,25,27)(H2,24,28,29)/t16-/m0/s1. The minimum Gasteiger partial charge on any atom is -0.322 e. The molecule has 4 rings (SSSR count). The summed E-state index contributed by atoms with van der Waals surface area (Å²) in [7, 11) is -7.56. The van der Waals surface area contributed by atoms with E-state index in [9.17, 15) is 21.6 Å². The van der Waals surface area contributed by atoms with Crippen LogP contribution in [0.3, 0.4) is 0 Å². The summed E-state index contributed by atoms with van der Waals surface area (Å²) < 4.78 is 50.7. The summed E-state index contributed by atoms with van der Waals surface area (Å²) in [6.07, 6.45) is 0.477. The quantitative estimate of drug-likeness (QED) is 0.574. The Balaban J connectivity index is 1.58. The van der Waals surface area contributed by atoms with Gasteiger partial charge in [0.15, 0.2) is 0 Å². The molecule has 1 heterocycles. The zero-order valence-electron chi connectivity index (χ0n) is 18.0. The molecule has 0 saturated carbocycles. The third-order valence-electron chi connectivity index (χ3n) is 5.51. The van der Waals surface area contributed by atoms with Gasteiger partial charge in [-0.15, -0.1) is 0 Å². The van der Waals surface area contributed by atoms with Gasteiger partial charge in [-0.25, -0.2) is 22.0 Å².